The minimum absolute atomic E-state index is 0.0490. The quantitative estimate of drug-likeness (QED) is 0.626. The van der Waals surface area contributed by atoms with Crippen molar-refractivity contribution in [2.24, 2.45) is 30.7 Å². The lowest BCUT2D eigenvalue weighted by Gasteiger charge is -2.29. The average Bonchev–Trinajstić information content (AvgIpc) is 3.19. The predicted molar refractivity (Wildman–Crippen MR) is 121 cm³/mol. The number of carboxylic acid groups (broad SMARTS) is 1. The summed E-state index contributed by atoms with van der Waals surface area (Å²) >= 11 is 0. The minimum Gasteiger partial charge on any atom is -0.488 e. The van der Waals surface area contributed by atoms with Crippen molar-refractivity contribution in [3.63, 3.8) is 0 Å². The molecule has 0 aromatic carbocycles. The Labute approximate surface area is 198 Å². The van der Waals surface area contributed by atoms with Gasteiger partial charge in [0.05, 0.1) is 17.3 Å². The van der Waals surface area contributed by atoms with Crippen molar-refractivity contribution in [3.05, 3.63) is 23.5 Å². The molecular formula is C24H31N5O5. The van der Waals surface area contributed by atoms with Gasteiger partial charge in [0.2, 0.25) is 0 Å². The summed E-state index contributed by atoms with van der Waals surface area (Å²) in [5.41, 5.74) is 2.53. The fourth-order valence-corrected chi connectivity index (χ4v) is 5.40. The normalized spacial score (nSPS) is 25.4. The van der Waals surface area contributed by atoms with E-state index in [0.717, 1.165) is 12.8 Å². The van der Waals surface area contributed by atoms with Crippen LogP contribution in [0, 0.1) is 30.6 Å². The van der Waals surface area contributed by atoms with E-state index < -0.39 is 5.97 Å². The molecule has 3 aliphatic carbocycles. The van der Waals surface area contributed by atoms with Gasteiger partial charge in [-0.15, -0.1) is 5.10 Å². The van der Waals surface area contributed by atoms with E-state index in [4.69, 9.17) is 9.47 Å². The first-order valence-electron chi connectivity index (χ1n) is 12.0. The van der Waals surface area contributed by atoms with Gasteiger partial charge in [0.25, 0.3) is 0 Å². The van der Waals surface area contributed by atoms with Crippen LogP contribution in [-0.4, -0.2) is 61.7 Å². The van der Waals surface area contributed by atoms with Crippen molar-refractivity contribution >= 4 is 12.1 Å². The Morgan fingerprint density at radius 2 is 2.03 bits per heavy atom. The Balaban J connectivity index is 1.24. The van der Waals surface area contributed by atoms with E-state index in [1.54, 1.807) is 23.7 Å². The van der Waals surface area contributed by atoms with Crippen molar-refractivity contribution in [2.45, 2.75) is 51.7 Å². The summed E-state index contributed by atoms with van der Waals surface area (Å²) in [5, 5.41) is 17.7. The van der Waals surface area contributed by atoms with Gasteiger partial charge in [-0.3, -0.25) is 4.79 Å². The van der Waals surface area contributed by atoms with E-state index in [1.165, 1.54) is 19.3 Å². The molecule has 0 spiro atoms. The van der Waals surface area contributed by atoms with Crippen molar-refractivity contribution in [3.8, 4) is 17.1 Å². The molecular weight excluding hydrogens is 438 g/mol. The molecule has 34 heavy (non-hydrogen) atoms. The molecule has 3 fully saturated rings. The van der Waals surface area contributed by atoms with Crippen LogP contribution in [-0.2, 0) is 23.2 Å². The van der Waals surface area contributed by atoms with Crippen molar-refractivity contribution < 1.29 is 24.2 Å². The third-order valence-electron chi connectivity index (χ3n) is 7.63. The first-order valence-corrected chi connectivity index (χ1v) is 12.0. The predicted octanol–water partition coefficient (Wildman–Crippen LogP) is 3.04. The number of pyridine rings is 1. The molecule has 2 unspecified atom stereocenters. The van der Waals surface area contributed by atoms with Crippen LogP contribution >= 0.6 is 0 Å². The number of carbonyl (C=O) groups excluding carboxylic acids is 1. The van der Waals surface area contributed by atoms with Crippen molar-refractivity contribution in [2.75, 3.05) is 13.6 Å². The van der Waals surface area contributed by atoms with Gasteiger partial charge in [-0.05, 0) is 56.6 Å². The van der Waals surface area contributed by atoms with E-state index in [9.17, 15) is 14.7 Å². The first kappa shape index (κ1) is 22.6. The van der Waals surface area contributed by atoms with Crippen molar-refractivity contribution in [1.29, 1.82) is 0 Å². The van der Waals surface area contributed by atoms with E-state index in [2.05, 4.69) is 15.3 Å². The van der Waals surface area contributed by atoms with Crippen LogP contribution in [0.1, 0.15) is 43.5 Å². The molecule has 182 valence electrons. The second-order valence-electron chi connectivity index (χ2n) is 9.86. The molecule has 10 heteroatoms. The molecule has 0 bridgehead atoms. The van der Waals surface area contributed by atoms with Crippen LogP contribution in [0.5, 0.6) is 5.75 Å². The maximum Gasteiger partial charge on any atom is 0.409 e. The number of nitrogens with zero attached hydrogens (tertiary/aromatic N) is 5. The maximum atomic E-state index is 12.4. The first-order chi connectivity index (χ1) is 16.3. The number of amides is 1. The van der Waals surface area contributed by atoms with E-state index >= 15 is 0 Å². The Bertz CT molecular complexity index is 1100. The van der Waals surface area contributed by atoms with Crippen LogP contribution in [0.2, 0.25) is 0 Å². The average molecular weight is 470 g/mol. The summed E-state index contributed by atoms with van der Waals surface area (Å²) < 4.78 is 13.3. The highest BCUT2D eigenvalue weighted by Crippen LogP contribution is 2.58. The lowest BCUT2D eigenvalue weighted by Crippen LogP contribution is -2.34. The minimum atomic E-state index is -0.724. The molecule has 0 aliphatic heterocycles. The maximum absolute atomic E-state index is 12.4. The molecule has 5 rings (SSSR count). The van der Waals surface area contributed by atoms with Crippen LogP contribution in [0.25, 0.3) is 11.4 Å². The molecule has 2 aromatic rings. The number of carbonyl (C=O) groups is 2. The lowest BCUT2D eigenvalue weighted by atomic mass is 9.85. The highest BCUT2D eigenvalue weighted by molar-refractivity contribution is 5.75. The van der Waals surface area contributed by atoms with Gasteiger partial charge in [0, 0.05) is 26.6 Å². The third kappa shape index (κ3) is 4.21. The second-order valence-corrected chi connectivity index (χ2v) is 9.86. The molecule has 10 nitrogen and oxygen atoms in total. The molecule has 3 saturated carbocycles. The fraction of sp³-hybridized carbons (Fsp3) is 0.625. The lowest BCUT2D eigenvalue weighted by molar-refractivity contribution is -0.139. The standard InChI is InChI=1S/C24H31N5O5/c1-13-18(34-19-9-7-15-20(19)21(15)23(30)31)10-8-16(25-13)22-17(29(3)27-26-22)12-33-24(32)28(2)11-14-5-4-6-14/h8,10,14-15,19-21H,4-7,9,11-12H2,1-3H3,(H,30,31)/t15-,19?,20-,21?/m1/s1. The topological polar surface area (TPSA) is 120 Å². The molecule has 0 radical (unpaired) electrons. The Morgan fingerprint density at radius 3 is 2.68 bits per heavy atom. The number of hydrogen-bond acceptors (Lipinski definition) is 7. The fourth-order valence-electron chi connectivity index (χ4n) is 5.40. The summed E-state index contributed by atoms with van der Waals surface area (Å²) in [6.07, 6.45) is 4.89. The SMILES string of the molecule is Cc1nc(-c2nnn(C)c2COC(=O)N(C)CC2CCC2)ccc1OC1CC[C@H]2C(C(=O)O)[C@@H]12. The van der Waals surface area contributed by atoms with Crippen LogP contribution < -0.4 is 4.74 Å². The smallest absolute Gasteiger partial charge is 0.409 e. The van der Waals surface area contributed by atoms with Gasteiger partial charge in [0.1, 0.15) is 29.8 Å². The van der Waals surface area contributed by atoms with E-state index in [1.807, 2.05) is 19.1 Å². The summed E-state index contributed by atoms with van der Waals surface area (Å²) in [6, 6.07) is 3.66. The highest BCUT2D eigenvalue weighted by Gasteiger charge is 2.63. The summed E-state index contributed by atoms with van der Waals surface area (Å²) in [7, 11) is 3.52. The number of rotatable bonds is 8. The van der Waals surface area contributed by atoms with Crippen LogP contribution in [0.4, 0.5) is 4.79 Å². The second kappa shape index (κ2) is 8.88. The van der Waals surface area contributed by atoms with Gasteiger partial charge in [-0.2, -0.15) is 0 Å². The molecule has 0 saturated heterocycles. The zero-order valence-electron chi connectivity index (χ0n) is 19.8. The van der Waals surface area contributed by atoms with Gasteiger partial charge < -0.3 is 19.5 Å². The largest absolute Gasteiger partial charge is 0.488 e. The third-order valence-corrected chi connectivity index (χ3v) is 7.63. The number of hydrogen-bond donors (Lipinski definition) is 1. The number of ether oxygens (including phenoxy) is 2. The van der Waals surface area contributed by atoms with E-state index in [-0.39, 0.29) is 36.6 Å². The van der Waals surface area contributed by atoms with Gasteiger partial charge in [-0.25, -0.2) is 14.5 Å². The Hall–Kier alpha value is -3.17. The molecule has 4 atom stereocenters. The van der Waals surface area contributed by atoms with Gasteiger partial charge in [0.15, 0.2) is 0 Å². The van der Waals surface area contributed by atoms with Gasteiger partial charge >= 0.3 is 12.1 Å². The Kier molecular flexibility index (Phi) is 5.91. The highest BCUT2D eigenvalue weighted by atomic mass is 16.6. The van der Waals surface area contributed by atoms with Crippen LogP contribution in [0.3, 0.4) is 0 Å². The number of aromatic nitrogens is 4. The monoisotopic (exact) mass is 469 g/mol. The van der Waals surface area contributed by atoms with E-state index in [0.29, 0.717) is 41.0 Å². The zero-order valence-corrected chi connectivity index (χ0v) is 19.8. The molecule has 2 aromatic heterocycles. The molecule has 3 aliphatic rings. The summed E-state index contributed by atoms with van der Waals surface area (Å²) in [4.78, 5) is 30.1. The Morgan fingerprint density at radius 1 is 1.24 bits per heavy atom. The number of fused-ring (bicyclic) bond motifs is 1. The number of aliphatic carboxylic acids is 1. The zero-order chi connectivity index (χ0) is 24.0. The van der Waals surface area contributed by atoms with Crippen LogP contribution in [0.15, 0.2) is 12.1 Å². The summed E-state index contributed by atoms with van der Waals surface area (Å²) in [6.45, 7) is 2.62. The van der Waals surface area contributed by atoms with Gasteiger partial charge in [-0.1, -0.05) is 11.6 Å². The molecule has 2 heterocycles. The van der Waals surface area contributed by atoms with Crippen molar-refractivity contribution in [1.82, 2.24) is 24.9 Å². The number of carboxylic acids is 1. The number of aryl methyl sites for hydroxylation is 2. The molecule has 1 N–H and O–H groups in total. The summed E-state index contributed by atoms with van der Waals surface area (Å²) in [5.74, 6) is 0.569. The molecule has 1 amide bonds.